The van der Waals surface area contributed by atoms with Gasteiger partial charge in [0.2, 0.25) is 0 Å². The third-order valence-electron chi connectivity index (χ3n) is 3.55. The average Bonchev–Trinajstić information content (AvgIpc) is 2.71. The van der Waals surface area contributed by atoms with Gasteiger partial charge in [0, 0.05) is 12.3 Å². The summed E-state index contributed by atoms with van der Waals surface area (Å²) in [5.41, 5.74) is -3.11. The molecule has 0 spiro atoms. The van der Waals surface area contributed by atoms with Crippen LogP contribution >= 0.6 is 0 Å². The minimum atomic E-state index is -1.94. The number of allylic oxidation sites excluding steroid dienone is 1. The smallest absolute Gasteiger partial charge is 0.330 e. The first-order valence-corrected chi connectivity index (χ1v) is 6.92. The van der Waals surface area contributed by atoms with Crippen molar-refractivity contribution in [3.63, 3.8) is 0 Å². The number of halogens is 1. The minimum absolute atomic E-state index is 0.104. The lowest BCUT2D eigenvalue weighted by Crippen LogP contribution is -2.43. The number of aromatic nitrogens is 2. The average molecular weight is 314 g/mol. The molecule has 1 aromatic heterocycles. The summed E-state index contributed by atoms with van der Waals surface area (Å²) < 4.78 is 20.7. The van der Waals surface area contributed by atoms with Gasteiger partial charge in [-0.2, -0.15) is 0 Å². The van der Waals surface area contributed by atoms with Gasteiger partial charge in [-0.1, -0.05) is 26.0 Å². The van der Waals surface area contributed by atoms with Gasteiger partial charge in [-0.15, -0.1) is 0 Å². The van der Waals surface area contributed by atoms with Gasteiger partial charge >= 0.3 is 5.69 Å². The fourth-order valence-electron chi connectivity index (χ4n) is 2.30. The van der Waals surface area contributed by atoms with Gasteiger partial charge < -0.3 is 14.9 Å². The Kier molecular flexibility index (Phi) is 4.64. The fourth-order valence-corrected chi connectivity index (χ4v) is 2.30. The number of aliphatic hydroxyl groups is 2. The standard InChI is InChI=1S/C14H19FN2O5/c1-8(2)3-5-14(7-18)11(20)10(15)12(22-14)17-6-4-9(19)16-13(17)21/h3-6,8,10-12,18,20H,7H2,1-2H3,(H,16,19,21). The molecular formula is C14H19FN2O5. The van der Waals surface area contributed by atoms with E-state index in [1.165, 1.54) is 6.08 Å². The molecule has 3 N–H and O–H groups in total. The number of hydrogen-bond acceptors (Lipinski definition) is 5. The summed E-state index contributed by atoms with van der Waals surface area (Å²) >= 11 is 0. The van der Waals surface area contributed by atoms with Gasteiger partial charge in [-0.3, -0.25) is 14.3 Å². The quantitative estimate of drug-likeness (QED) is 0.662. The maximum Gasteiger partial charge on any atom is 0.330 e. The SMILES string of the molecule is CC(C)C=CC1(CO)OC(n2ccc(=O)[nH]c2=O)C(F)C1O. The first kappa shape index (κ1) is 16.6. The van der Waals surface area contributed by atoms with Gasteiger partial charge in [0.15, 0.2) is 12.4 Å². The molecule has 0 bridgehead atoms. The first-order valence-electron chi connectivity index (χ1n) is 6.92. The van der Waals surface area contributed by atoms with Crippen LogP contribution in [0.25, 0.3) is 0 Å². The second-order valence-electron chi connectivity index (χ2n) is 5.63. The molecule has 1 aliphatic heterocycles. The maximum atomic E-state index is 14.4. The van der Waals surface area contributed by atoms with E-state index in [0.717, 1.165) is 16.8 Å². The van der Waals surface area contributed by atoms with Crippen LogP contribution in [-0.4, -0.2) is 44.2 Å². The van der Waals surface area contributed by atoms with Gasteiger partial charge in [0.1, 0.15) is 11.7 Å². The number of nitrogens with zero attached hydrogens (tertiary/aromatic N) is 1. The number of nitrogens with one attached hydrogen (secondary N) is 1. The van der Waals surface area contributed by atoms with Crippen LogP contribution in [-0.2, 0) is 4.74 Å². The van der Waals surface area contributed by atoms with Crippen LogP contribution in [0, 0.1) is 5.92 Å². The summed E-state index contributed by atoms with van der Waals surface area (Å²) in [6.07, 6.45) is -0.854. The molecule has 122 valence electrons. The molecule has 1 saturated heterocycles. The molecule has 0 radical (unpaired) electrons. The van der Waals surface area contributed by atoms with Crippen molar-refractivity contribution in [2.24, 2.45) is 5.92 Å². The Labute approximate surface area is 125 Å². The number of hydrogen-bond donors (Lipinski definition) is 3. The van der Waals surface area contributed by atoms with Gasteiger partial charge in [-0.05, 0) is 5.92 Å². The van der Waals surface area contributed by atoms with Crippen LogP contribution in [0.5, 0.6) is 0 Å². The largest absolute Gasteiger partial charge is 0.393 e. The fraction of sp³-hybridized carbons (Fsp3) is 0.571. The van der Waals surface area contributed by atoms with Crippen molar-refractivity contribution < 1.29 is 19.3 Å². The van der Waals surface area contributed by atoms with E-state index in [2.05, 4.69) is 0 Å². The summed E-state index contributed by atoms with van der Waals surface area (Å²) in [5, 5.41) is 19.6. The Morgan fingerprint density at radius 3 is 2.77 bits per heavy atom. The highest BCUT2D eigenvalue weighted by molar-refractivity contribution is 5.14. The van der Waals surface area contributed by atoms with Crippen molar-refractivity contribution >= 4 is 0 Å². The van der Waals surface area contributed by atoms with Gasteiger partial charge in [0.25, 0.3) is 5.56 Å². The van der Waals surface area contributed by atoms with Crippen LogP contribution in [0.4, 0.5) is 4.39 Å². The second kappa shape index (κ2) is 6.15. The highest BCUT2D eigenvalue weighted by Crippen LogP contribution is 2.39. The van der Waals surface area contributed by atoms with E-state index in [4.69, 9.17) is 4.74 Å². The van der Waals surface area contributed by atoms with E-state index in [1.54, 1.807) is 6.08 Å². The number of rotatable bonds is 4. The summed E-state index contributed by atoms with van der Waals surface area (Å²) in [6.45, 7) is 3.10. The summed E-state index contributed by atoms with van der Waals surface area (Å²) in [6, 6.07) is 1.05. The highest BCUT2D eigenvalue weighted by atomic mass is 19.1. The molecule has 2 heterocycles. The molecule has 22 heavy (non-hydrogen) atoms. The molecule has 1 fully saturated rings. The Bertz CT molecular complexity index is 668. The monoisotopic (exact) mass is 314 g/mol. The van der Waals surface area contributed by atoms with E-state index < -0.39 is 42.0 Å². The van der Waals surface area contributed by atoms with Crippen molar-refractivity contribution in [1.82, 2.24) is 9.55 Å². The third kappa shape index (κ3) is 2.90. The van der Waals surface area contributed by atoms with E-state index in [-0.39, 0.29) is 5.92 Å². The van der Waals surface area contributed by atoms with Crippen LogP contribution in [0.3, 0.4) is 0 Å². The van der Waals surface area contributed by atoms with E-state index in [1.807, 2.05) is 18.8 Å². The van der Waals surface area contributed by atoms with Crippen molar-refractivity contribution in [2.45, 2.75) is 38.0 Å². The molecule has 0 amide bonds. The lowest BCUT2D eigenvalue weighted by Gasteiger charge is -2.26. The number of alkyl halides is 1. The predicted octanol–water partition coefficient (Wildman–Crippen LogP) is -0.292. The zero-order valence-electron chi connectivity index (χ0n) is 12.3. The number of aliphatic hydroxyl groups excluding tert-OH is 2. The van der Waals surface area contributed by atoms with Crippen molar-refractivity contribution in [1.29, 1.82) is 0 Å². The van der Waals surface area contributed by atoms with Crippen LogP contribution < -0.4 is 11.2 Å². The Hall–Kier alpha value is -1.77. The molecule has 2 rings (SSSR count). The van der Waals surface area contributed by atoms with E-state index >= 15 is 0 Å². The summed E-state index contributed by atoms with van der Waals surface area (Å²) in [4.78, 5) is 24.8. The first-order chi connectivity index (χ1) is 10.3. The molecule has 0 saturated carbocycles. The minimum Gasteiger partial charge on any atom is -0.393 e. The van der Waals surface area contributed by atoms with Crippen LogP contribution in [0.15, 0.2) is 34.0 Å². The molecule has 0 aliphatic carbocycles. The van der Waals surface area contributed by atoms with Gasteiger partial charge in [0.05, 0.1) is 6.61 Å². The molecular weight excluding hydrogens is 295 g/mol. The molecule has 7 nitrogen and oxygen atoms in total. The molecule has 1 aliphatic rings. The molecule has 8 heteroatoms. The normalized spacial score (nSPS) is 32.2. The van der Waals surface area contributed by atoms with Crippen molar-refractivity contribution in [3.8, 4) is 0 Å². The Balaban J connectivity index is 2.40. The lowest BCUT2D eigenvalue weighted by atomic mass is 9.95. The predicted molar refractivity (Wildman–Crippen MR) is 76.1 cm³/mol. The number of H-pyrrole nitrogens is 1. The second-order valence-corrected chi connectivity index (χ2v) is 5.63. The van der Waals surface area contributed by atoms with Crippen LogP contribution in [0.1, 0.15) is 20.1 Å². The topological polar surface area (TPSA) is 105 Å². The zero-order chi connectivity index (χ0) is 16.5. The lowest BCUT2D eigenvalue weighted by molar-refractivity contribution is -0.0986. The zero-order valence-corrected chi connectivity index (χ0v) is 12.3. The highest BCUT2D eigenvalue weighted by Gasteiger charge is 2.54. The molecule has 1 aromatic rings. The molecule has 0 aromatic carbocycles. The van der Waals surface area contributed by atoms with Crippen molar-refractivity contribution in [3.05, 3.63) is 45.3 Å². The maximum absolute atomic E-state index is 14.4. The van der Waals surface area contributed by atoms with E-state index in [0.29, 0.717) is 0 Å². The van der Waals surface area contributed by atoms with Gasteiger partial charge in [-0.25, -0.2) is 9.18 Å². The molecule has 4 unspecified atom stereocenters. The Morgan fingerprint density at radius 1 is 1.55 bits per heavy atom. The van der Waals surface area contributed by atoms with E-state index in [9.17, 15) is 24.2 Å². The number of aromatic amines is 1. The molecule has 4 atom stereocenters. The third-order valence-corrected chi connectivity index (χ3v) is 3.55. The summed E-state index contributed by atoms with van der Waals surface area (Å²) in [7, 11) is 0. The van der Waals surface area contributed by atoms with Crippen molar-refractivity contribution in [2.75, 3.05) is 6.61 Å². The van der Waals surface area contributed by atoms with Crippen LogP contribution in [0.2, 0.25) is 0 Å². The Morgan fingerprint density at radius 2 is 2.23 bits per heavy atom. The summed E-state index contributed by atoms with van der Waals surface area (Å²) in [5.74, 6) is 0.104. The number of ether oxygens (including phenoxy) is 1.